The molecule has 0 spiro atoms. The molecule has 180 valence electrons. The SMILES string of the molecule is CC(C)[C@H](NC(=O)CC(C)(C)C)C(=O)N[C@@H](C)C(=O)NC(CSCC(C)(C)C)C(=O)O. The number of aliphatic carboxylic acids is 1. The smallest absolute Gasteiger partial charge is 0.327 e. The molecule has 0 aliphatic heterocycles. The normalized spacial score (nSPS) is 15.0. The van der Waals surface area contributed by atoms with E-state index in [2.05, 4.69) is 36.7 Å². The number of hydrogen-bond acceptors (Lipinski definition) is 5. The summed E-state index contributed by atoms with van der Waals surface area (Å²) >= 11 is 1.45. The van der Waals surface area contributed by atoms with Crippen molar-refractivity contribution in [2.75, 3.05) is 11.5 Å². The van der Waals surface area contributed by atoms with Gasteiger partial charge < -0.3 is 21.1 Å². The van der Waals surface area contributed by atoms with E-state index in [0.29, 0.717) is 0 Å². The van der Waals surface area contributed by atoms with Crippen LogP contribution in [-0.4, -0.2) is 58.4 Å². The van der Waals surface area contributed by atoms with E-state index in [4.69, 9.17) is 0 Å². The monoisotopic (exact) mass is 459 g/mol. The number of carbonyl (C=O) groups is 4. The first-order valence-electron chi connectivity index (χ1n) is 10.6. The summed E-state index contributed by atoms with van der Waals surface area (Å²) in [6, 6.07) is -2.78. The zero-order chi connectivity index (χ0) is 24.6. The van der Waals surface area contributed by atoms with Crippen molar-refractivity contribution in [1.82, 2.24) is 16.0 Å². The van der Waals surface area contributed by atoms with Crippen LogP contribution in [0.15, 0.2) is 0 Å². The summed E-state index contributed by atoms with van der Waals surface area (Å²) in [6.07, 6.45) is 0.270. The molecular weight excluding hydrogens is 418 g/mol. The highest BCUT2D eigenvalue weighted by molar-refractivity contribution is 7.99. The zero-order valence-electron chi connectivity index (χ0n) is 20.4. The summed E-state index contributed by atoms with van der Waals surface area (Å²) in [7, 11) is 0. The van der Waals surface area contributed by atoms with Gasteiger partial charge in [0, 0.05) is 12.2 Å². The molecule has 3 atom stereocenters. The molecule has 0 saturated carbocycles. The lowest BCUT2D eigenvalue weighted by molar-refractivity contribution is -0.141. The molecule has 0 rings (SSSR count). The minimum atomic E-state index is -1.12. The number of carbonyl (C=O) groups excluding carboxylic acids is 3. The average Bonchev–Trinajstić information content (AvgIpc) is 2.55. The molecule has 0 bridgehead atoms. The molecule has 0 aromatic carbocycles. The lowest BCUT2D eigenvalue weighted by atomic mass is 9.91. The summed E-state index contributed by atoms with van der Waals surface area (Å²) in [6.45, 7) is 17.1. The molecule has 1 unspecified atom stereocenters. The summed E-state index contributed by atoms with van der Waals surface area (Å²) in [5.74, 6) is -1.61. The van der Waals surface area contributed by atoms with Crippen LogP contribution in [0.2, 0.25) is 0 Å². The second kappa shape index (κ2) is 12.3. The van der Waals surface area contributed by atoms with Gasteiger partial charge >= 0.3 is 5.97 Å². The molecule has 0 aromatic heterocycles. The van der Waals surface area contributed by atoms with Gasteiger partial charge in [-0.15, -0.1) is 0 Å². The van der Waals surface area contributed by atoms with Gasteiger partial charge in [-0.1, -0.05) is 55.4 Å². The van der Waals surface area contributed by atoms with Gasteiger partial charge in [0.25, 0.3) is 0 Å². The quantitative estimate of drug-likeness (QED) is 0.376. The lowest BCUT2D eigenvalue weighted by Gasteiger charge is -2.26. The Kier molecular flexibility index (Phi) is 11.6. The van der Waals surface area contributed by atoms with Gasteiger partial charge in [-0.3, -0.25) is 14.4 Å². The predicted octanol–water partition coefficient (Wildman–Crippen LogP) is 2.42. The maximum Gasteiger partial charge on any atom is 0.327 e. The van der Waals surface area contributed by atoms with E-state index in [1.807, 2.05) is 20.8 Å². The maximum absolute atomic E-state index is 12.7. The molecule has 0 radical (unpaired) electrons. The number of carboxylic acids is 1. The summed E-state index contributed by atoms with van der Waals surface area (Å²) in [5.41, 5.74) is -0.172. The molecule has 9 heteroatoms. The van der Waals surface area contributed by atoms with Crippen LogP contribution in [-0.2, 0) is 19.2 Å². The first-order chi connectivity index (χ1) is 13.9. The van der Waals surface area contributed by atoms with Crippen molar-refractivity contribution >= 4 is 35.5 Å². The standard InChI is InChI=1S/C22H41N3O5S/c1-13(2)17(25-16(26)10-21(4,5)6)19(28)23-14(3)18(27)24-15(20(29)30)11-31-12-22(7,8)9/h13-15,17H,10-12H2,1-9H3,(H,23,28)(H,24,27)(H,25,26)(H,29,30)/t14-,15?,17-/m0/s1. The van der Waals surface area contributed by atoms with Gasteiger partial charge in [0.1, 0.15) is 18.1 Å². The van der Waals surface area contributed by atoms with Gasteiger partial charge in [-0.05, 0) is 29.4 Å². The molecule has 4 N–H and O–H groups in total. The Labute approximate surface area is 191 Å². The molecule has 0 fully saturated rings. The fourth-order valence-corrected chi connectivity index (χ4v) is 3.76. The molecule has 0 aromatic rings. The molecule has 0 aliphatic carbocycles. The number of amides is 3. The van der Waals surface area contributed by atoms with Crippen molar-refractivity contribution in [3.8, 4) is 0 Å². The molecule has 0 saturated heterocycles. The van der Waals surface area contributed by atoms with E-state index < -0.39 is 35.9 Å². The number of hydrogen-bond donors (Lipinski definition) is 4. The van der Waals surface area contributed by atoms with Gasteiger partial charge in [0.05, 0.1) is 0 Å². The van der Waals surface area contributed by atoms with Crippen molar-refractivity contribution in [2.24, 2.45) is 16.7 Å². The highest BCUT2D eigenvalue weighted by atomic mass is 32.2. The summed E-state index contributed by atoms with van der Waals surface area (Å²) in [4.78, 5) is 48.9. The number of carboxylic acid groups (broad SMARTS) is 1. The first-order valence-corrected chi connectivity index (χ1v) is 11.8. The Morgan fingerprint density at radius 1 is 0.839 bits per heavy atom. The molecule has 0 heterocycles. The van der Waals surface area contributed by atoms with Crippen LogP contribution in [0.1, 0.15) is 68.7 Å². The van der Waals surface area contributed by atoms with Crippen molar-refractivity contribution in [3.05, 3.63) is 0 Å². The van der Waals surface area contributed by atoms with Gasteiger partial charge in [-0.25, -0.2) is 4.79 Å². The van der Waals surface area contributed by atoms with Crippen LogP contribution in [0.4, 0.5) is 0 Å². The average molecular weight is 460 g/mol. The maximum atomic E-state index is 12.7. The molecular formula is C22H41N3O5S. The zero-order valence-corrected chi connectivity index (χ0v) is 21.2. The predicted molar refractivity (Wildman–Crippen MR) is 125 cm³/mol. The fraction of sp³-hybridized carbons (Fsp3) is 0.818. The third kappa shape index (κ3) is 13.3. The van der Waals surface area contributed by atoms with Crippen LogP contribution < -0.4 is 16.0 Å². The fourth-order valence-electron chi connectivity index (χ4n) is 2.56. The van der Waals surface area contributed by atoms with Crippen LogP contribution in [0.5, 0.6) is 0 Å². The number of nitrogens with one attached hydrogen (secondary N) is 3. The van der Waals surface area contributed by atoms with Crippen LogP contribution >= 0.6 is 11.8 Å². The van der Waals surface area contributed by atoms with E-state index in [-0.39, 0.29) is 34.8 Å². The summed E-state index contributed by atoms with van der Waals surface area (Å²) in [5, 5.41) is 17.2. The third-order valence-corrected chi connectivity index (χ3v) is 5.78. The topological polar surface area (TPSA) is 125 Å². The number of rotatable bonds is 11. The minimum absolute atomic E-state index is 0.0439. The third-order valence-electron chi connectivity index (χ3n) is 4.14. The second-order valence-corrected chi connectivity index (χ2v) is 11.8. The van der Waals surface area contributed by atoms with Crippen molar-refractivity contribution in [3.63, 3.8) is 0 Å². The molecule has 8 nitrogen and oxygen atoms in total. The number of thioether (sulfide) groups is 1. The molecule has 0 aliphatic rings. The highest BCUT2D eigenvalue weighted by Crippen LogP contribution is 2.21. The summed E-state index contributed by atoms with van der Waals surface area (Å²) < 4.78 is 0. The largest absolute Gasteiger partial charge is 0.480 e. The molecule has 31 heavy (non-hydrogen) atoms. The Morgan fingerprint density at radius 2 is 1.39 bits per heavy atom. The first kappa shape index (κ1) is 29.2. The van der Waals surface area contributed by atoms with Crippen molar-refractivity contribution < 1.29 is 24.3 Å². The van der Waals surface area contributed by atoms with Crippen molar-refractivity contribution in [1.29, 1.82) is 0 Å². The lowest BCUT2D eigenvalue weighted by Crippen LogP contribution is -2.56. The van der Waals surface area contributed by atoms with Crippen LogP contribution in [0, 0.1) is 16.7 Å². The van der Waals surface area contributed by atoms with Crippen LogP contribution in [0.3, 0.4) is 0 Å². The van der Waals surface area contributed by atoms with Gasteiger partial charge in [0.15, 0.2) is 0 Å². The van der Waals surface area contributed by atoms with Crippen molar-refractivity contribution in [2.45, 2.75) is 86.9 Å². The van der Waals surface area contributed by atoms with E-state index >= 15 is 0 Å². The Morgan fingerprint density at radius 3 is 1.81 bits per heavy atom. The second-order valence-electron chi connectivity index (χ2n) is 10.7. The van der Waals surface area contributed by atoms with E-state index in [0.717, 1.165) is 5.75 Å². The van der Waals surface area contributed by atoms with Gasteiger partial charge in [-0.2, -0.15) is 11.8 Å². The molecule has 3 amide bonds. The Balaban J connectivity index is 4.92. The van der Waals surface area contributed by atoms with Crippen LogP contribution in [0.25, 0.3) is 0 Å². The van der Waals surface area contributed by atoms with E-state index in [1.54, 1.807) is 13.8 Å². The Hall–Kier alpha value is -1.77. The minimum Gasteiger partial charge on any atom is -0.480 e. The highest BCUT2D eigenvalue weighted by Gasteiger charge is 2.29. The van der Waals surface area contributed by atoms with Gasteiger partial charge in [0.2, 0.25) is 17.7 Å². The van der Waals surface area contributed by atoms with E-state index in [1.165, 1.54) is 18.7 Å². The Bertz CT molecular complexity index is 638. The van der Waals surface area contributed by atoms with E-state index in [9.17, 15) is 24.3 Å².